The Balaban J connectivity index is 1.67. The van der Waals surface area contributed by atoms with Gasteiger partial charge < -0.3 is 14.4 Å². The zero-order valence-electron chi connectivity index (χ0n) is 20.2. The molecule has 34 heavy (non-hydrogen) atoms. The van der Waals surface area contributed by atoms with Crippen LogP contribution < -0.4 is 4.74 Å². The van der Waals surface area contributed by atoms with Gasteiger partial charge in [-0.1, -0.05) is 6.07 Å². The molecule has 1 aromatic rings. The lowest BCUT2D eigenvalue weighted by Gasteiger charge is -2.37. The Morgan fingerprint density at radius 2 is 1.79 bits per heavy atom. The van der Waals surface area contributed by atoms with Gasteiger partial charge in [0.15, 0.2) is 0 Å². The van der Waals surface area contributed by atoms with Crippen LogP contribution >= 0.6 is 10.7 Å². The van der Waals surface area contributed by atoms with E-state index in [1.165, 1.54) is 6.07 Å². The highest BCUT2D eigenvalue weighted by Gasteiger charge is 2.46. The molecule has 0 spiro atoms. The minimum Gasteiger partial charge on any atom is -0.486 e. The van der Waals surface area contributed by atoms with Gasteiger partial charge >= 0.3 is 6.09 Å². The summed E-state index contributed by atoms with van der Waals surface area (Å²) >= 11 is 0. The van der Waals surface area contributed by atoms with Crippen LogP contribution in [0.4, 0.5) is 13.6 Å². The molecule has 1 aromatic carbocycles. The van der Waals surface area contributed by atoms with Crippen molar-refractivity contribution in [3.05, 3.63) is 23.8 Å². The van der Waals surface area contributed by atoms with Crippen LogP contribution in [-0.2, 0) is 13.8 Å². The Morgan fingerprint density at radius 1 is 1.18 bits per heavy atom. The van der Waals surface area contributed by atoms with Crippen molar-refractivity contribution in [2.45, 2.75) is 107 Å². The van der Waals surface area contributed by atoms with Crippen LogP contribution in [0.25, 0.3) is 0 Å². The summed E-state index contributed by atoms with van der Waals surface area (Å²) in [5, 5.41) is 0. The minimum atomic E-state index is -3.96. The van der Waals surface area contributed by atoms with Gasteiger partial charge in [-0.25, -0.2) is 22.0 Å². The van der Waals surface area contributed by atoms with Crippen LogP contribution in [0, 0.1) is 6.92 Å². The maximum Gasteiger partial charge on any atom is 0.410 e. The number of aryl methyl sites for hydroxylation is 1. The normalized spacial score (nSPS) is 20.0. The Kier molecular flexibility index (Phi) is 7.78. The van der Waals surface area contributed by atoms with Gasteiger partial charge in [-0.2, -0.15) is 0 Å². The summed E-state index contributed by atoms with van der Waals surface area (Å²) < 4.78 is 63.0. The second-order valence-corrected chi connectivity index (χ2v) is 13.1. The number of ether oxygens (including phenoxy) is 2. The molecule has 0 atom stereocenters. The maximum atomic E-state index is 13.7. The van der Waals surface area contributed by atoms with Gasteiger partial charge in [0, 0.05) is 36.1 Å². The molecular formula is C24H34ClF2NO5S. The first-order chi connectivity index (χ1) is 15.6. The van der Waals surface area contributed by atoms with Crippen LogP contribution in [-0.4, -0.2) is 49.1 Å². The molecule has 2 aliphatic carbocycles. The lowest BCUT2D eigenvalue weighted by atomic mass is 9.91. The quantitative estimate of drug-likeness (QED) is 0.368. The van der Waals surface area contributed by atoms with E-state index >= 15 is 0 Å². The number of halogens is 3. The third kappa shape index (κ3) is 7.44. The summed E-state index contributed by atoms with van der Waals surface area (Å²) in [6, 6.07) is 4.46. The summed E-state index contributed by atoms with van der Waals surface area (Å²) in [5.41, 5.74) is -0.368. The van der Waals surface area contributed by atoms with E-state index in [4.69, 9.17) is 20.2 Å². The first kappa shape index (κ1) is 27.0. The second-order valence-electron chi connectivity index (χ2n) is 10.5. The molecule has 0 aliphatic heterocycles. The van der Waals surface area contributed by atoms with E-state index in [0.717, 1.165) is 18.4 Å². The van der Waals surface area contributed by atoms with Gasteiger partial charge in [0.2, 0.25) is 5.92 Å². The number of carbonyl (C=O) groups excluding carboxylic acids is 1. The molecule has 2 saturated carbocycles. The summed E-state index contributed by atoms with van der Waals surface area (Å²) in [4.78, 5) is 14.4. The molecule has 0 N–H and O–H groups in total. The highest BCUT2D eigenvalue weighted by molar-refractivity contribution is 8.13. The number of hydrogen-bond acceptors (Lipinski definition) is 5. The number of benzene rings is 1. The Labute approximate surface area is 205 Å². The van der Waals surface area contributed by atoms with Crippen molar-refractivity contribution in [1.82, 2.24) is 4.90 Å². The molecule has 0 radical (unpaired) electrons. The molecule has 0 aromatic heterocycles. The van der Waals surface area contributed by atoms with Crippen LogP contribution in [0.3, 0.4) is 0 Å². The first-order valence-electron chi connectivity index (χ1n) is 11.7. The third-order valence-electron chi connectivity index (χ3n) is 6.28. The van der Waals surface area contributed by atoms with Gasteiger partial charge in [-0.05, 0) is 83.9 Å². The fourth-order valence-corrected chi connectivity index (χ4v) is 5.28. The van der Waals surface area contributed by atoms with E-state index in [1.54, 1.807) is 37.8 Å². The van der Waals surface area contributed by atoms with E-state index in [0.29, 0.717) is 19.4 Å². The van der Waals surface area contributed by atoms with Gasteiger partial charge in [0.05, 0.1) is 0 Å². The van der Waals surface area contributed by atoms with Gasteiger partial charge in [-0.3, -0.25) is 0 Å². The summed E-state index contributed by atoms with van der Waals surface area (Å²) in [6.45, 7) is 7.51. The molecule has 10 heteroatoms. The molecule has 0 unspecified atom stereocenters. The van der Waals surface area contributed by atoms with Crippen LogP contribution in [0.1, 0.15) is 77.7 Å². The molecule has 2 aliphatic rings. The number of nitrogens with zero attached hydrogens (tertiary/aromatic N) is 1. The summed E-state index contributed by atoms with van der Waals surface area (Å²) in [7, 11) is 1.62. The number of carbonyl (C=O) groups is 1. The average molecular weight is 522 g/mol. The lowest BCUT2D eigenvalue weighted by molar-refractivity contribution is -0.0573. The predicted molar refractivity (Wildman–Crippen MR) is 126 cm³/mol. The fourth-order valence-electron chi connectivity index (χ4n) is 4.32. The minimum absolute atomic E-state index is 0.0652. The Morgan fingerprint density at radius 3 is 2.32 bits per heavy atom. The number of hydrogen-bond donors (Lipinski definition) is 0. The van der Waals surface area contributed by atoms with Crippen molar-refractivity contribution in [1.29, 1.82) is 0 Å². The van der Waals surface area contributed by atoms with Crippen LogP contribution in [0.2, 0.25) is 0 Å². The largest absolute Gasteiger partial charge is 0.486 e. The van der Waals surface area contributed by atoms with Crippen LogP contribution in [0.5, 0.6) is 5.75 Å². The predicted octanol–water partition coefficient (Wildman–Crippen LogP) is 6.43. The zero-order valence-corrected chi connectivity index (χ0v) is 21.8. The number of alkyl halides is 2. The van der Waals surface area contributed by atoms with Crippen molar-refractivity contribution in [2.75, 3.05) is 6.54 Å². The molecular weight excluding hydrogens is 488 g/mol. The van der Waals surface area contributed by atoms with E-state index < -0.39 is 32.3 Å². The van der Waals surface area contributed by atoms with E-state index in [2.05, 4.69) is 0 Å². The van der Waals surface area contributed by atoms with E-state index in [1.807, 2.05) is 6.92 Å². The third-order valence-corrected chi connectivity index (χ3v) is 7.64. The van der Waals surface area contributed by atoms with Gasteiger partial charge in [-0.15, -0.1) is 0 Å². The molecule has 0 bridgehead atoms. The highest BCUT2D eigenvalue weighted by atomic mass is 35.7. The molecule has 6 nitrogen and oxygen atoms in total. The molecule has 0 saturated heterocycles. The number of rotatable bonds is 8. The second kappa shape index (κ2) is 9.80. The monoisotopic (exact) mass is 521 g/mol. The van der Waals surface area contributed by atoms with Crippen molar-refractivity contribution < 1.29 is 31.5 Å². The SMILES string of the molecule is Cc1ccc(S(=O)(=O)Cl)c(OC2(CCCN(C(=O)OC(C)(C)C)C3CCC(F)(F)CC3)CC2)c1. The highest BCUT2D eigenvalue weighted by Crippen LogP contribution is 2.46. The lowest BCUT2D eigenvalue weighted by Crippen LogP contribution is -2.47. The van der Waals surface area contributed by atoms with Crippen molar-refractivity contribution >= 4 is 25.8 Å². The van der Waals surface area contributed by atoms with Crippen molar-refractivity contribution in [3.63, 3.8) is 0 Å². The topological polar surface area (TPSA) is 72.9 Å². The summed E-state index contributed by atoms with van der Waals surface area (Å²) in [6.07, 6.45) is 2.15. The van der Waals surface area contributed by atoms with E-state index in [9.17, 15) is 22.0 Å². The Bertz CT molecular complexity index is 995. The van der Waals surface area contributed by atoms with Crippen molar-refractivity contribution in [2.24, 2.45) is 0 Å². The molecule has 0 heterocycles. The number of amides is 1. The molecule has 2 fully saturated rings. The summed E-state index contributed by atoms with van der Waals surface area (Å²) in [5.74, 6) is -2.46. The van der Waals surface area contributed by atoms with Gasteiger partial charge in [0.25, 0.3) is 9.05 Å². The fraction of sp³-hybridized carbons (Fsp3) is 0.708. The van der Waals surface area contributed by atoms with Crippen LogP contribution in [0.15, 0.2) is 23.1 Å². The first-order valence-corrected chi connectivity index (χ1v) is 14.0. The molecule has 1 amide bonds. The smallest absolute Gasteiger partial charge is 0.410 e. The van der Waals surface area contributed by atoms with Crippen molar-refractivity contribution in [3.8, 4) is 5.75 Å². The Hall–Kier alpha value is -1.61. The molecule has 192 valence electrons. The maximum absolute atomic E-state index is 13.7. The standard InChI is InChI=1S/C24H34ClF2NO5S/c1-17-6-7-20(34(25,30)31)19(16-17)32-23(13-14-23)10-5-15-28(21(29)33-22(2,3)4)18-8-11-24(26,27)12-9-18/h6-7,16,18H,5,8-15H2,1-4H3. The van der Waals surface area contributed by atoms with E-state index in [-0.39, 0.29) is 42.4 Å². The average Bonchev–Trinajstić information content (AvgIpc) is 3.43. The van der Waals surface area contributed by atoms with Gasteiger partial charge in [0.1, 0.15) is 21.8 Å². The zero-order chi connectivity index (χ0) is 25.4. The molecule has 3 rings (SSSR count).